The Labute approximate surface area is 173 Å². The van der Waals surface area contributed by atoms with Crippen molar-refractivity contribution in [3.8, 4) is 0 Å². The van der Waals surface area contributed by atoms with Crippen LogP contribution in [-0.4, -0.2) is 56.6 Å². The number of likely N-dealkylation sites (tertiary alicyclic amines) is 1. The maximum atomic E-state index is 12.6. The normalized spacial score (nSPS) is 19.5. The summed E-state index contributed by atoms with van der Waals surface area (Å²) in [6, 6.07) is 3.44. The highest BCUT2D eigenvalue weighted by Crippen LogP contribution is 2.36. The summed E-state index contributed by atoms with van der Waals surface area (Å²) in [5.74, 6) is -0.514. The van der Waals surface area contributed by atoms with Crippen LogP contribution in [0, 0.1) is 5.92 Å². The molecule has 0 aromatic carbocycles. The minimum absolute atomic E-state index is 0.0288. The Kier molecular flexibility index (Phi) is 9.03. The number of carbonyl (C=O) groups excluding carboxylic acids is 2. The first kappa shape index (κ1) is 23.3. The van der Waals surface area contributed by atoms with Gasteiger partial charge < -0.3 is 10.2 Å². The molecule has 1 aliphatic rings. The first-order valence-electron chi connectivity index (χ1n) is 10.1. The quantitative estimate of drug-likeness (QED) is 0.406. The fraction of sp³-hybridized carbons (Fsp3) is 0.650. The minimum Gasteiger partial charge on any atom is -0.356 e. The van der Waals surface area contributed by atoms with Gasteiger partial charge in [0.05, 0.1) is 24.8 Å². The topological polar surface area (TPSA) is 106 Å². The molecule has 1 aliphatic heterocycles. The SMILES string of the molecule is CN1C(=O)C[C@H](C(=O)NCCCCCCCCOS(C)(=O)=O)[C@H]1c1cccnc1. The highest BCUT2D eigenvalue weighted by atomic mass is 32.2. The number of rotatable bonds is 12. The van der Waals surface area contributed by atoms with E-state index in [2.05, 4.69) is 10.3 Å². The van der Waals surface area contributed by atoms with Crippen molar-refractivity contribution < 1.29 is 22.2 Å². The first-order valence-corrected chi connectivity index (χ1v) is 11.9. The molecule has 0 saturated carbocycles. The average Bonchev–Trinajstić information content (AvgIpc) is 2.98. The molecular weight excluding hydrogens is 394 g/mol. The molecule has 162 valence electrons. The third-order valence-corrected chi connectivity index (χ3v) is 5.71. The molecule has 0 unspecified atom stereocenters. The van der Waals surface area contributed by atoms with E-state index in [9.17, 15) is 18.0 Å². The van der Waals surface area contributed by atoms with Crippen molar-refractivity contribution in [2.75, 3.05) is 26.5 Å². The fourth-order valence-corrected chi connectivity index (χ4v) is 4.02. The molecular formula is C20H31N3O5S. The smallest absolute Gasteiger partial charge is 0.264 e. The summed E-state index contributed by atoms with van der Waals surface area (Å²) in [5, 5.41) is 2.97. The van der Waals surface area contributed by atoms with Gasteiger partial charge in [-0.2, -0.15) is 8.42 Å². The molecule has 0 aliphatic carbocycles. The number of unbranched alkanes of at least 4 members (excludes halogenated alkanes) is 5. The van der Waals surface area contributed by atoms with Crippen LogP contribution >= 0.6 is 0 Å². The van der Waals surface area contributed by atoms with Crippen LogP contribution in [0.25, 0.3) is 0 Å². The number of nitrogens with zero attached hydrogens (tertiary/aromatic N) is 2. The van der Waals surface area contributed by atoms with Gasteiger partial charge in [-0.05, 0) is 24.5 Å². The van der Waals surface area contributed by atoms with Crippen LogP contribution in [0.5, 0.6) is 0 Å². The van der Waals surface area contributed by atoms with Gasteiger partial charge in [0.1, 0.15) is 0 Å². The third-order valence-electron chi connectivity index (χ3n) is 5.12. The lowest BCUT2D eigenvalue weighted by Gasteiger charge is -2.24. The van der Waals surface area contributed by atoms with Crippen LogP contribution < -0.4 is 5.32 Å². The Balaban J connectivity index is 1.64. The predicted molar refractivity (Wildman–Crippen MR) is 109 cm³/mol. The second-order valence-corrected chi connectivity index (χ2v) is 9.13. The van der Waals surface area contributed by atoms with Gasteiger partial charge >= 0.3 is 0 Å². The minimum atomic E-state index is -3.34. The molecule has 0 radical (unpaired) electrons. The summed E-state index contributed by atoms with van der Waals surface area (Å²) in [7, 11) is -1.61. The number of carbonyl (C=O) groups is 2. The summed E-state index contributed by atoms with van der Waals surface area (Å²) in [4.78, 5) is 30.5. The van der Waals surface area contributed by atoms with Gasteiger partial charge in [0.15, 0.2) is 0 Å². The van der Waals surface area contributed by atoms with E-state index in [-0.39, 0.29) is 30.9 Å². The van der Waals surface area contributed by atoms with E-state index in [1.54, 1.807) is 24.3 Å². The predicted octanol–water partition coefficient (Wildman–Crippen LogP) is 2.03. The zero-order valence-electron chi connectivity index (χ0n) is 17.2. The highest BCUT2D eigenvalue weighted by molar-refractivity contribution is 7.85. The maximum absolute atomic E-state index is 12.6. The molecule has 2 amide bonds. The number of hydrogen-bond acceptors (Lipinski definition) is 6. The van der Waals surface area contributed by atoms with Gasteiger partial charge in [0, 0.05) is 32.4 Å². The Morgan fingerprint density at radius 3 is 2.59 bits per heavy atom. The standard InChI is InChI=1S/C20H31N3O5S/c1-23-18(24)14-17(19(23)16-10-9-11-21-15-16)20(25)22-12-7-5-3-4-6-8-13-28-29(2,26)27/h9-11,15,17,19H,3-8,12-14H2,1-2H3,(H,22,25)/t17-,19+/m0/s1. The van der Waals surface area contributed by atoms with Crippen LogP contribution in [0.3, 0.4) is 0 Å². The Bertz CT molecular complexity index is 770. The van der Waals surface area contributed by atoms with E-state index < -0.39 is 16.0 Å². The van der Waals surface area contributed by atoms with Crippen LogP contribution in [0.4, 0.5) is 0 Å². The Morgan fingerprint density at radius 1 is 1.24 bits per heavy atom. The van der Waals surface area contributed by atoms with Gasteiger partial charge in [-0.1, -0.05) is 31.7 Å². The lowest BCUT2D eigenvalue weighted by Crippen LogP contribution is -2.35. The van der Waals surface area contributed by atoms with E-state index in [4.69, 9.17) is 4.18 Å². The van der Waals surface area contributed by atoms with Gasteiger partial charge in [0.25, 0.3) is 10.1 Å². The third kappa shape index (κ3) is 7.74. The number of aromatic nitrogens is 1. The molecule has 1 saturated heterocycles. The van der Waals surface area contributed by atoms with Crippen molar-refractivity contribution in [1.29, 1.82) is 0 Å². The van der Waals surface area contributed by atoms with Crippen molar-refractivity contribution in [3.63, 3.8) is 0 Å². The molecule has 2 heterocycles. The zero-order chi connectivity index (χ0) is 21.3. The first-order chi connectivity index (χ1) is 13.8. The molecule has 1 fully saturated rings. The lowest BCUT2D eigenvalue weighted by molar-refractivity contribution is -0.128. The van der Waals surface area contributed by atoms with Crippen molar-refractivity contribution in [2.45, 2.75) is 51.0 Å². The zero-order valence-corrected chi connectivity index (χ0v) is 18.0. The highest BCUT2D eigenvalue weighted by Gasteiger charge is 2.42. The van der Waals surface area contributed by atoms with Gasteiger partial charge in [-0.15, -0.1) is 0 Å². The molecule has 9 heteroatoms. The number of hydrogen-bond donors (Lipinski definition) is 1. The maximum Gasteiger partial charge on any atom is 0.264 e. The van der Waals surface area contributed by atoms with E-state index >= 15 is 0 Å². The molecule has 29 heavy (non-hydrogen) atoms. The summed E-state index contributed by atoms with van der Waals surface area (Å²) in [5.41, 5.74) is 0.876. The van der Waals surface area contributed by atoms with Crippen LogP contribution in [0.15, 0.2) is 24.5 Å². The van der Waals surface area contributed by atoms with E-state index in [1.165, 1.54) is 0 Å². The summed E-state index contributed by atoms with van der Waals surface area (Å²) in [6.45, 7) is 0.825. The number of nitrogens with one attached hydrogen (secondary N) is 1. The van der Waals surface area contributed by atoms with Crippen molar-refractivity contribution in [3.05, 3.63) is 30.1 Å². The van der Waals surface area contributed by atoms with Crippen LogP contribution in [0.2, 0.25) is 0 Å². The molecule has 0 spiro atoms. The Morgan fingerprint density at radius 2 is 1.93 bits per heavy atom. The average molecular weight is 426 g/mol. The lowest BCUT2D eigenvalue weighted by atomic mass is 9.94. The second-order valence-electron chi connectivity index (χ2n) is 7.48. The largest absolute Gasteiger partial charge is 0.356 e. The summed E-state index contributed by atoms with van der Waals surface area (Å²) >= 11 is 0. The van der Waals surface area contributed by atoms with E-state index in [1.807, 2.05) is 12.1 Å². The summed E-state index contributed by atoms with van der Waals surface area (Å²) < 4.78 is 26.4. The number of pyridine rings is 1. The summed E-state index contributed by atoms with van der Waals surface area (Å²) in [6.07, 6.45) is 10.2. The van der Waals surface area contributed by atoms with Crippen LogP contribution in [0.1, 0.15) is 56.6 Å². The van der Waals surface area contributed by atoms with Crippen LogP contribution in [-0.2, 0) is 23.9 Å². The van der Waals surface area contributed by atoms with E-state index in [0.29, 0.717) is 6.54 Å². The number of amides is 2. The molecule has 0 bridgehead atoms. The molecule has 1 N–H and O–H groups in total. The van der Waals surface area contributed by atoms with Gasteiger partial charge in [-0.3, -0.25) is 18.8 Å². The van der Waals surface area contributed by atoms with E-state index in [0.717, 1.165) is 50.3 Å². The van der Waals surface area contributed by atoms with Gasteiger partial charge in [0.2, 0.25) is 11.8 Å². The molecule has 2 rings (SSSR count). The van der Waals surface area contributed by atoms with Crippen molar-refractivity contribution in [1.82, 2.24) is 15.2 Å². The molecule has 2 atom stereocenters. The fourth-order valence-electron chi connectivity index (χ4n) is 3.60. The van der Waals surface area contributed by atoms with Crippen molar-refractivity contribution in [2.24, 2.45) is 5.92 Å². The second kappa shape index (κ2) is 11.3. The molecule has 1 aromatic rings. The molecule has 1 aromatic heterocycles. The Hall–Kier alpha value is -2.00. The van der Waals surface area contributed by atoms with Gasteiger partial charge in [-0.25, -0.2) is 0 Å². The molecule has 8 nitrogen and oxygen atoms in total. The monoisotopic (exact) mass is 425 g/mol. The van der Waals surface area contributed by atoms with Crippen molar-refractivity contribution >= 4 is 21.9 Å².